The first kappa shape index (κ1) is 15.2. The third-order valence-corrected chi connectivity index (χ3v) is 4.83. The van der Waals surface area contributed by atoms with Crippen molar-refractivity contribution in [1.82, 2.24) is 10.3 Å². The molecule has 1 rings (SSSR count). The molecular weight excluding hydrogens is 370 g/mol. The predicted octanol–water partition coefficient (Wildman–Crippen LogP) is 2.59. The van der Waals surface area contributed by atoms with Crippen molar-refractivity contribution < 1.29 is 9.72 Å². The van der Waals surface area contributed by atoms with Gasteiger partial charge in [-0.25, -0.2) is 4.98 Å². The van der Waals surface area contributed by atoms with Gasteiger partial charge in [-0.15, -0.1) is 0 Å². The van der Waals surface area contributed by atoms with Crippen LogP contribution < -0.4 is 5.32 Å². The maximum Gasteiger partial charge on any atom is 0.321 e. The molecule has 0 spiro atoms. The molecule has 1 aromatic heterocycles. The summed E-state index contributed by atoms with van der Waals surface area (Å²) >= 11 is 6.72. The van der Waals surface area contributed by atoms with E-state index in [1.54, 1.807) is 0 Å². The van der Waals surface area contributed by atoms with Gasteiger partial charge in [0.1, 0.15) is 0 Å². The van der Waals surface area contributed by atoms with E-state index in [1.165, 1.54) is 12.1 Å². The van der Waals surface area contributed by atoms with Crippen LogP contribution in [-0.2, 0) is 0 Å². The molecule has 1 amide bonds. The number of alkyl halides is 2. The Morgan fingerprint density at radius 3 is 2.50 bits per heavy atom. The predicted molar refractivity (Wildman–Crippen MR) is 75.5 cm³/mol. The Labute approximate surface area is 121 Å². The van der Waals surface area contributed by atoms with Gasteiger partial charge in [-0.3, -0.25) is 4.79 Å². The van der Waals surface area contributed by atoms with Crippen molar-refractivity contribution in [3.8, 4) is 0 Å². The molecule has 0 aliphatic rings. The number of hydrogen-bond acceptors (Lipinski definition) is 3. The highest BCUT2D eigenvalue weighted by molar-refractivity contribution is 9.09. The van der Waals surface area contributed by atoms with Gasteiger partial charge < -0.3 is 15.4 Å². The van der Waals surface area contributed by atoms with Crippen molar-refractivity contribution in [3.63, 3.8) is 0 Å². The summed E-state index contributed by atoms with van der Waals surface area (Å²) < 4.78 is 0. The minimum atomic E-state index is -0.571. The summed E-state index contributed by atoms with van der Waals surface area (Å²) in [5.74, 6) is -0.552. The number of H-pyrrole nitrogens is 1. The third-order valence-electron chi connectivity index (χ3n) is 2.68. The molecular formula is C10H13Br2N3O3. The Morgan fingerprint density at radius 2 is 2.11 bits per heavy atom. The van der Waals surface area contributed by atoms with E-state index in [0.29, 0.717) is 10.7 Å². The number of nitrogens with one attached hydrogen (secondary N) is 2. The maximum absolute atomic E-state index is 12.0. The zero-order valence-electron chi connectivity index (χ0n) is 9.70. The molecule has 18 heavy (non-hydrogen) atoms. The molecule has 0 saturated carbocycles. The molecule has 1 heterocycles. The summed E-state index contributed by atoms with van der Waals surface area (Å²) in [7, 11) is 0. The second-order valence-electron chi connectivity index (χ2n) is 3.87. The summed E-state index contributed by atoms with van der Waals surface area (Å²) in [5, 5.41) is 14.6. The lowest BCUT2D eigenvalue weighted by atomic mass is 10.0. The minimum absolute atomic E-state index is 0.182. The van der Waals surface area contributed by atoms with E-state index in [2.05, 4.69) is 42.2 Å². The van der Waals surface area contributed by atoms with Crippen LogP contribution in [0.2, 0.25) is 0 Å². The summed E-state index contributed by atoms with van der Waals surface area (Å²) in [5.41, 5.74) is -0.224. The van der Waals surface area contributed by atoms with Gasteiger partial charge in [0.2, 0.25) is 0 Å². The van der Waals surface area contributed by atoms with Gasteiger partial charge in [0.15, 0.2) is 5.69 Å². The van der Waals surface area contributed by atoms with E-state index >= 15 is 0 Å². The van der Waals surface area contributed by atoms with Crippen LogP contribution in [0.15, 0.2) is 12.1 Å². The number of rotatable bonds is 6. The van der Waals surface area contributed by atoms with E-state index in [4.69, 9.17) is 0 Å². The molecule has 0 aliphatic heterocycles. The fourth-order valence-electron chi connectivity index (χ4n) is 1.31. The number of hydrogen-bond donors (Lipinski definition) is 2. The lowest BCUT2D eigenvalue weighted by molar-refractivity contribution is -0.389. The summed E-state index contributed by atoms with van der Waals surface area (Å²) in [6.07, 6.45) is 0.734. The number of aromatic amines is 1. The van der Waals surface area contributed by atoms with Gasteiger partial charge in [-0.05, 0) is 17.4 Å². The highest BCUT2D eigenvalue weighted by Gasteiger charge is 2.29. The molecule has 100 valence electrons. The monoisotopic (exact) mass is 381 g/mol. The molecule has 6 nitrogen and oxygen atoms in total. The van der Waals surface area contributed by atoms with Crippen LogP contribution in [0.25, 0.3) is 0 Å². The first-order chi connectivity index (χ1) is 8.48. The van der Waals surface area contributed by atoms with E-state index in [-0.39, 0.29) is 17.4 Å². The quantitative estimate of drug-likeness (QED) is 0.450. The van der Waals surface area contributed by atoms with Gasteiger partial charge in [0.05, 0.1) is 5.54 Å². The van der Waals surface area contributed by atoms with Crippen LogP contribution in [-0.4, -0.2) is 32.0 Å². The summed E-state index contributed by atoms with van der Waals surface area (Å²) in [4.78, 5) is 24.4. The molecule has 2 N–H and O–H groups in total. The summed E-state index contributed by atoms with van der Waals surface area (Å²) in [6, 6.07) is 2.67. The standard InChI is InChI=1S/C10H13Br2N3O3/c1-2-10(5-11,6-12)14-9(16)7-3-4-8(13-7)15(17)18/h3-4,13H,2,5-6H2,1H3,(H,14,16). The molecule has 0 bridgehead atoms. The van der Waals surface area contributed by atoms with Crippen LogP contribution in [0.1, 0.15) is 23.8 Å². The average Bonchev–Trinajstić information content (AvgIpc) is 2.86. The zero-order chi connectivity index (χ0) is 13.8. The Kier molecular flexibility index (Phi) is 5.33. The van der Waals surface area contributed by atoms with Gasteiger partial charge >= 0.3 is 5.82 Å². The fraction of sp³-hybridized carbons (Fsp3) is 0.500. The van der Waals surface area contributed by atoms with Gasteiger partial charge in [-0.1, -0.05) is 38.8 Å². The number of nitro groups is 1. The van der Waals surface area contributed by atoms with E-state index in [9.17, 15) is 14.9 Å². The summed E-state index contributed by atoms with van der Waals surface area (Å²) in [6.45, 7) is 1.96. The number of nitrogens with zero attached hydrogens (tertiary/aromatic N) is 1. The van der Waals surface area contributed by atoms with Crippen molar-refractivity contribution >= 4 is 43.6 Å². The lowest BCUT2D eigenvalue weighted by Gasteiger charge is -2.29. The zero-order valence-corrected chi connectivity index (χ0v) is 12.9. The van der Waals surface area contributed by atoms with Gasteiger partial charge in [-0.2, -0.15) is 0 Å². The van der Waals surface area contributed by atoms with Crippen molar-refractivity contribution in [1.29, 1.82) is 0 Å². The molecule has 0 aliphatic carbocycles. The van der Waals surface area contributed by atoms with Crippen LogP contribution >= 0.6 is 31.9 Å². The van der Waals surface area contributed by atoms with E-state index < -0.39 is 10.5 Å². The molecule has 1 aromatic rings. The highest BCUT2D eigenvalue weighted by atomic mass is 79.9. The Hall–Kier alpha value is -0.890. The smallest absolute Gasteiger partial charge is 0.321 e. The normalized spacial score (nSPS) is 11.3. The SMILES string of the molecule is CCC(CBr)(CBr)NC(=O)c1ccc([N+](=O)[O-])[nH]1. The topological polar surface area (TPSA) is 88.0 Å². The Balaban J connectivity index is 2.84. The number of aromatic nitrogens is 1. The molecule has 0 fully saturated rings. The molecule has 8 heteroatoms. The highest BCUT2D eigenvalue weighted by Crippen LogP contribution is 2.18. The van der Waals surface area contributed by atoms with Gasteiger partial charge in [0.25, 0.3) is 5.91 Å². The van der Waals surface area contributed by atoms with E-state index in [0.717, 1.165) is 6.42 Å². The average molecular weight is 383 g/mol. The molecule has 0 atom stereocenters. The third kappa shape index (κ3) is 3.32. The van der Waals surface area contributed by atoms with Crippen molar-refractivity contribution in [2.24, 2.45) is 0 Å². The first-order valence-electron chi connectivity index (χ1n) is 5.26. The van der Waals surface area contributed by atoms with Crippen LogP contribution in [0.4, 0.5) is 5.82 Å². The second-order valence-corrected chi connectivity index (χ2v) is 4.99. The van der Waals surface area contributed by atoms with Crippen molar-refractivity contribution in [2.75, 3.05) is 10.7 Å². The molecule has 0 unspecified atom stereocenters. The number of carbonyl (C=O) groups excluding carboxylic acids is 1. The van der Waals surface area contributed by atoms with Crippen molar-refractivity contribution in [3.05, 3.63) is 27.9 Å². The number of halogens is 2. The van der Waals surface area contributed by atoms with E-state index in [1.807, 2.05) is 6.92 Å². The van der Waals surface area contributed by atoms with Crippen LogP contribution in [0, 0.1) is 10.1 Å². The van der Waals surface area contributed by atoms with Crippen molar-refractivity contribution in [2.45, 2.75) is 18.9 Å². The molecule has 0 aromatic carbocycles. The Bertz CT molecular complexity index is 435. The van der Waals surface area contributed by atoms with Crippen LogP contribution in [0.5, 0.6) is 0 Å². The Morgan fingerprint density at radius 1 is 1.50 bits per heavy atom. The first-order valence-corrected chi connectivity index (χ1v) is 7.50. The van der Waals surface area contributed by atoms with Gasteiger partial charge in [0, 0.05) is 16.7 Å². The minimum Gasteiger partial charge on any atom is -0.358 e. The number of carbonyl (C=O) groups is 1. The fourth-order valence-corrected chi connectivity index (χ4v) is 3.31. The largest absolute Gasteiger partial charge is 0.358 e. The number of amides is 1. The lowest BCUT2D eigenvalue weighted by Crippen LogP contribution is -2.51. The maximum atomic E-state index is 12.0. The second kappa shape index (κ2) is 6.33. The molecule has 0 saturated heterocycles. The molecule has 0 radical (unpaired) electrons. The van der Waals surface area contributed by atoms with Crippen LogP contribution in [0.3, 0.4) is 0 Å².